The number of amides is 1. The molecule has 1 unspecified atom stereocenters. The van der Waals surface area contributed by atoms with Crippen molar-refractivity contribution < 1.29 is 27.1 Å². The first-order valence-electron chi connectivity index (χ1n) is 9.30. The average Bonchev–Trinajstić information content (AvgIpc) is 2.76. The van der Waals surface area contributed by atoms with Crippen molar-refractivity contribution in [1.82, 2.24) is 0 Å². The van der Waals surface area contributed by atoms with E-state index in [4.69, 9.17) is 16.3 Å². The van der Waals surface area contributed by atoms with E-state index in [0.29, 0.717) is 10.7 Å². The second-order valence-electron chi connectivity index (χ2n) is 6.65. The molecule has 0 radical (unpaired) electrons. The van der Waals surface area contributed by atoms with Gasteiger partial charge < -0.3 is 10.1 Å². The molecule has 0 heterocycles. The lowest BCUT2D eigenvalue weighted by Gasteiger charge is -2.14. The van der Waals surface area contributed by atoms with Gasteiger partial charge in [0.2, 0.25) is 0 Å². The van der Waals surface area contributed by atoms with Gasteiger partial charge in [-0.05, 0) is 67.6 Å². The van der Waals surface area contributed by atoms with Gasteiger partial charge in [-0.25, -0.2) is 17.6 Å². The van der Waals surface area contributed by atoms with E-state index in [1.54, 1.807) is 24.3 Å². The smallest absolute Gasteiger partial charge is 0.338 e. The van der Waals surface area contributed by atoms with Crippen LogP contribution in [0.15, 0.2) is 77.7 Å². The Labute approximate surface area is 189 Å². The second-order valence-corrected chi connectivity index (χ2v) is 8.74. The van der Waals surface area contributed by atoms with Gasteiger partial charge in [0, 0.05) is 5.69 Å². The molecule has 0 aliphatic rings. The van der Waals surface area contributed by atoms with E-state index in [1.807, 2.05) is 0 Å². The molecule has 0 fully saturated rings. The Kier molecular flexibility index (Phi) is 7.12. The summed E-state index contributed by atoms with van der Waals surface area (Å²) in [6.45, 7) is 1.40. The molecule has 1 atom stereocenters. The van der Waals surface area contributed by atoms with Crippen LogP contribution in [0, 0.1) is 5.82 Å². The number of nitrogens with one attached hydrogen (secondary N) is 2. The van der Waals surface area contributed by atoms with Gasteiger partial charge in [0.05, 0.1) is 21.2 Å². The number of anilines is 2. The summed E-state index contributed by atoms with van der Waals surface area (Å²) < 4.78 is 45.3. The number of hydrogen-bond acceptors (Lipinski definition) is 5. The van der Waals surface area contributed by atoms with E-state index < -0.39 is 33.8 Å². The minimum atomic E-state index is -3.94. The number of sulfonamides is 1. The molecule has 32 heavy (non-hydrogen) atoms. The van der Waals surface area contributed by atoms with Gasteiger partial charge in [-0.15, -0.1) is 0 Å². The molecule has 0 aromatic heterocycles. The Morgan fingerprint density at radius 3 is 2.22 bits per heavy atom. The van der Waals surface area contributed by atoms with Crippen molar-refractivity contribution in [2.24, 2.45) is 0 Å². The first-order valence-corrected chi connectivity index (χ1v) is 11.2. The van der Waals surface area contributed by atoms with Crippen molar-refractivity contribution in [1.29, 1.82) is 0 Å². The van der Waals surface area contributed by atoms with Crippen LogP contribution in [0.5, 0.6) is 0 Å². The van der Waals surface area contributed by atoms with Crippen molar-refractivity contribution >= 4 is 44.9 Å². The molecule has 166 valence electrons. The summed E-state index contributed by atoms with van der Waals surface area (Å²) in [5, 5.41) is 2.90. The van der Waals surface area contributed by atoms with E-state index in [0.717, 1.165) is 12.1 Å². The zero-order valence-corrected chi connectivity index (χ0v) is 18.3. The molecule has 0 bridgehead atoms. The lowest BCUT2D eigenvalue weighted by Crippen LogP contribution is -2.30. The quantitative estimate of drug-likeness (QED) is 0.490. The topological polar surface area (TPSA) is 102 Å². The van der Waals surface area contributed by atoms with Gasteiger partial charge >= 0.3 is 5.97 Å². The maximum atomic E-state index is 13.0. The number of halogens is 2. The molecule has 0 saturated heterocycles. The molecule has 3 rings (SSSR count). The molecule has 10 heteroatoms. The predicted octanol–water partition coefficient (Wildman–Crippen LogP) is 4.46. The third kappa shape index (κ3) is 5.83. The van der Waals surface area contributed by atoms with Crippen molar-refractivity contribution in [3.8, 4) is 0 Å². The standard InChI is InChI=1S/C22H18ClFN2O5S/c1-14(21(27)25-20-5-3-2-4-19(20)23)31-22(28)15-6-12-18(13-7-15)32(29,30)26-17-10-8-16(24)9-11-17/h2-14,26H,1H3,(H,25,27). The van der Waals surface area contributed by atoms with E-state index in [-0.39, 0.29) is 16.1 Å². The number of para-hydroxylation sites is 1. The largest absolute Gasteiger partial charge is 0.449 e. The van der Waals surface area contributed by atoms with Gasteiger partial charge in [0.15, 0.2) is 6.10 Å². The average molecular weight is 477 g/mol. The maximum absolute atomic E-state index is 13.0. The summed E-state index contributed by atoms with van der Waals surface area (Å²) in [5.74, 6) is -1.87. The molecule has 7 nitrogen and oxygen atoms in total. The predicted molar refractivity (Wildman–Crippen MR) is 119 cm³/mol. The van der Waals surface area contributed by atoms with E-state index in [2.05, 4.69) is 10.0 Å². The van der Waals surface area contributed by atoms with Crippen molar-refractivity contribution in [3.63, 3.8) is 0 Å². The number of carbonyl (C=O) groups is 2. The van der Waals surface area contributed by atoms with Crippen LogP contribution < -0.4 is 10.0 Å². The van der Waals surface area contributed by atoms with Crippen LogP contribution in [0.2, 0.25) is 5.02 Å². The van der Waals surface area contributed by atoms with Crippen LogP contribution in [0.1, 0.15) is 17.3 Å². The molecule has 3 aromatic rings. The van der Waals surface area contributed by atoms with Crippen LogP contribution in [-0.4, -0.2) is 26.4 Å². The highest BCUT2D eigenvalue weighted by molar-refractivity contribution is 7.92. The zero-order chi connectivity index (χ0) is 23.3. The fourth-order valence-electron chi connectivity index (χ4n) is 2.58. The maximum Gasteiger partial charge on any atom is 0.338 e. The fraction of sp³-hybridized carbons (Fsp3) is 0.0909. The summed E-state index contributed by atoms with van der Waals surface area (Å²) in [4.78, 5) is 24.5. The van der Waals surface area contributed by atoms with Gasteiger partial charge in [-0.2, -0.15) is 0 Å². The zero-order valence-electron chi connectivity index (χ0n) is 16.7. The molecule has 0 aliphatic carbocycles. The monoisotopic (exact) mass is 476 g/mol. The first-order chi connectivity index (χ1) is 15.2. The molecule has 1 amide bonds. The first kappa shape index (κ1) is 23.2. The van der Waals surface area contributed by atoms with Gasteiger partial charge in [-0.1, -0.05) is 23.7 Å². The Hall–Kier alpha value is -3.43. The van der Waals surface area contributed by atoms with E-state index in [1.165, 1.54) is 43.3 Å². The van der Waals surface area contributed by atoms with Crippen molar-refractivity contribution in [2.45, 2.75) is 17.9 Å². The highest BCUT2D eigenvalue weighted by Crippen LogP contribution is 2.21. The van der Waals surface area contributed by atoms with Crippen LogP contribution in [-0.2, 0) is 19.6 Å². The number of benzene rings is 3. The molecule has 2 N–H and O–H groups in total. The molecule has 3 aromatic carbocycles. The van der Waals surface area contributed by atoms with Crippen molar-refractivity contribution in [2.75, 3.05) is 10.0 Å². The normalized spacial score (nSPS) is 12.0. The number of ether oxygens (including phenoxy) is 1. The fourth-order valence-corrected chi connectivity index (χ4v) is 3.82. The number of rotatable bonds is 7. The lowest BCUT2D eigenvalue weighted by molar-refractivity contribution is -0.123. The highest BCUT2D eigenvalue weighted by Gasteiger charge is 2.21. The summed E-state index contributed by atoms with van der Waals surface area (Å²) in [5.41, 5.74) is 0.627. The Bertz CT molecular complexity index is 1230. The van der Waals surface area contributed by atoms with Gasteiger partial charge in [0.1, 0.15) is 5.82 Å². The SMILES string of the molecule is CC(OC(=O)c1ccc(S(=O)(=O)Nc2ccc(F)cc2)cc1)C(=O)Nc1ccccc1Cl. The lowest BCUT2D eigenvalue weighted by atomic mass is 10.2. The van der Waals surface area contributed by atoms with Crippen LogP contribution in [0.4, 0.5) is 15.8 Å². The number of carbonyl (C=O) groups excluding carboxylic acids is 2. The van der Waals surface area contributed by atoms with Crippen molar-refractivity contribution in [3.05, 3.63) is 89.2 Å². The van der Waals surface area contributed by atoms with Gasteiger partial charge in [-0.3, -0.25) is 9.52 Å². The Balaban J connectivity index is 1.63. The number of hydrogen-bond donors (Lipinski definition) is 2. The minimum absolute atomic E-state index is 0.0584. The highest BCUT2D eigenvalue weighted by atomic mass is 35.5. The third-order valence-electron chi connectivity index (χ3n) is 4.28. The summed E-state index contributed by atoms with van der Waals surface area (Å²) in [6.07, 6.45) is -1.12. The third-order valence-corrected chi connectivity index (χ3v) is 6.01. The Morgan fingerprint density at radius 2 is 1.59 bits per heavy atom. The molecular weight excluding hydrogens is 459 g/mol. The summed E-state index contributed by atoms with van der Waals surface area (Å²) >= 11 is 5.99. The van der Waals surface area contributed by atoms with Crippen LogP contribution in [0.3, 0.4) is 0 Å². The van der Waals surface area contributed by atoms with E-state index >= 15 is 0 Å². The van der Waals surface area contributed by atoms with E-state index in [9.17, 15) is 22.4 Å². The molecular formula is C22H18ClFN2O5S. The van der Waals surface area contributed by atoms with Gasteiger partial charge in [0.25, 0.3) is 15.9 Å². The second kappa shape index (κ2) is 9.80. The van der Waals surface area contributed by atoms with Crippen LogP contribution >= 0.6 is 11.6 Å². The summed E-state index contributed by atoms with van der Waals surface area (Å²) in [6, 6.07) is 16.4. The minimum Gasteiger partial charge on any atom is -0.449 e. The summed E-state index contributed by atoms with van der Waals surface area (Å²) in [7, 11) is -3.94. The Morgan fingerprint density at radius 1 is 0.969 bits per heavy atom. The molecule has 0 saturated carbocycles. The molecule has 0 aliphatic heterocycles. The van der Waals surface area contributed by atoms with Crippen LogP contribution in [0.25, 0.3) is 0 Å². The number of esters is 1. The molecule has 0 spiro atoms.